The second-order valence-corrected chi connectivity index (χ2v) is 8.31. The first-order chi connectivity index (χ1) is 16.2. The third-order valence-electron chi connectivity index (χ3n) is 6.06. The highest BCUT2D eigenvalue weighted by atomic mass is 16.2. The van der Waals surface area contributed by atoms with Crippen molar-refractivity contribution in [2.75, 3.05) is 11.4 Å². The first-order valence-electron chi connectivity index (χ1n) is 11.0. The highest BCUT2D eigenvalue weighted by molar-refractivity contribution is 6.07. The Labute approximate surface area is 192 Å². The monoisotopic (exact) mass is 436 g/mol. The maximum atomic E-state index is 13.7. The molecule has 6 heteroatoms. The van der Waals surface area contributed by atoms with Crippen molar-refractivity contribution in [1.29, 1.82) is 0 Å². The van der Waals surface area contributed by atoms with Crippen LogP contribution in [0.3, 0.4) is 0 Å². The summed E-state index contributed by atoms with van der Waals surface area (Å²) in [4.78, 5) is 38.5. The van der Waals surface area contributed by atoms with Gasteiger partial charge in [0.15, 0.2) is 0 Å². The highest BCUT2D eigenvalue weighted by Crippen LogP contribution is 2.32. The molecule has 0 aliphatic carbocycles. The minimum absolute atomic E-state index is 0.0186. The highest BCUT2D eigenvalue weighted by Gasteiger charge is 2.37. The molecule has 0 N–H and O–H groups in total. The van der Waals surface area contributed by atoms with Crippen LogP contribution in [0.25, 0.3) is 10.8 Å². The van der Waals surface area contributed by atoms with Crippen molar-refractivity contribution < 1.29 is 9.59 Å². The van der Waals surface area contributed by atoms with Gasteiger partial charge in [-0.05, 0) is 40.8 Å². The Morgan fingerprint density at radius 3 is 2.48 bits per heavy atom. The van der Waals surface area contributed by atoms with Crippen LogP contribution in [0.15, 0.2) is 91.5 Å². The van der Waals surface area contributed by atoms with Crippen LogP contribution in [-0.4, -0.2) is 33.2 Å². The molecule has 2 aromatic carbocycles. The Morgan fingerprint density at radius 2 is 1.67 bits per heavy atom. The molecule has 0 saturated carbocycles. The summed E-state index contributed by atoms with van der Waals surface area (Å²) in [5.74, 6) is -0.434. The second-order valence-electron chi connectivity index (χ2n) is 8.31. The van der Waals surface area contributed by atoms with Crippen molar-refractivity contribution in [2.24, 2.45) is 5.92 Å². The largest absolute Gasteiger partial charge is 0.334 e. The molecule has 1 aliphatic heterocycles. The molecule has 1 unspecified atom stereocenters. The number of benzene rings is 2. The van der Waals surface area contributed by atoms with Crippen LogP contribution in [0.1, 0.15) is 17.5 Å². The summed E-state index contributed by atoms with van der Waals surface area (Å²) in [6.45, 7) is 1.27. The SMILES string of the molecule is O=C(C1CC(=O)N(c2cccc3ccccc23)C1)N(Cc1ccncc1)Cc1cccnc1. The molecule has 4 aromatic rings. The molecule has 164 valence electrons. The first-order valence-corrected chi connectivity index (χ1v) is 11.0. The van der Waals surface area contributed by atoms with Gasteiger partial charge in [-0.25, -0.2) is 0 Å². The molecule has 6 nitrogen and oxygen atoms in total. The van der Waals surface area contributed by atoms with Crippen molar-refractivity contribution in [3.8, 4) is 0 Å². The number of carbonyl (C=O) groups is 2. The molecule has 2 aromatic heterocycles. The van der Waals surface area contributed by atoms with Crippen LogP contribution in [-0.2, 0) is 22.7 Å². The molecular formula is C27H24N4O2. The lowest BCUT2D eigenvalue weighted by Crippen LogP contribution is -2.36. The number of hydrogen-bond acceptors (Lipinski definition) is 4. The van der Waals surface area contributed by atoms with Crippen molar-refractivity contribution in [3.05, 3.63) is 103 Å². The van der Waals surface area contributed by atoms with Crippen LogP contribution in [0, 0.1) is 5.92 Å². The smallest absolute Gasteiger partial charge is 0.228 e. The zero-order valence-electron chi connectivity index (χ0n) is 18.2. The zero-order chi connectivity index (χ0) is 22.6. The fourth-order valence-electron chi connectivity index (χ4n) is 4.44. The van der Waals surface area contributed by atoms with Gasteiger partial charge in [0.25, 0.3) is 0 Å². The minimum Gasteiger partial charge on any atom is -0.334 e. The molecule has 33 heavy (non-hydrogen) atoms. The first kappa shape index (κ1) is 20.8. The Balaban J connectivity index is 1.40. The molecule has 1 fully saturated rings. The molecule has 1 aliphatic rings. The van der Waals surface area contributed by atoms with E-state index in [1.807, 2.05) is 71.6 Å². The molecule has 5 rings (SSSR count). The number of aromatic nitrogens is 2. The van der Waals surface area contributed by atoms with E-state index in [-0.39, 0.29) is 18.2 Å². The van der Waals surface area contributed by atoms with Crippen LogP contribution < -0.4 is 4.90 Å². The third-order valence-corrected chi connectivity index (χ3v) is 6.06. The normalized spacial score (nSPS) is 15.7. The van der Waals surface area contributed by atoms with E-state index < -0.39 is 5.92 Å². The van der Waals surface area contributed by atoms with Gasteiger partial charge >= 0.3 is 0 Å². The number of fused-ring (bicyclic) bond motifs is 1. The van der Waals surface area contributed by atoms with Gasteiger partial charge in [-0.2, -0.15) is 0 Å². The lowest BCUT2D eigenvalue weighted by atomic mass is 10.1. The summed E-state index contributed by atoms with van der Waals surface area (Å²) in [5.41, 5.74) is 2.81. The van der Waals surface area contributed by atoms with E-state index >= 15 is 0 Å². The summed E-state index contributed by atoms with van der Waals surface area (Å²) in [6, 6.07) is 21.6. The number of amides is 2. The van der Waals surface area contributed by atoms with Gasteiger partial charge in [-0.1, -0.05) is 42.5 Å². The minimum atomic E-state index is -0.394. The average Bonchev–Trinajstić information content (AvgIpc) is 3.25. The maximum absolute atomic E-state index is 13.7. The molecule has 3 heterocycles. The number of anilines is 1. The van der Waals surface area contributed by atoms with Gasteiger partial charge in [-0.3, -0.25) is 19.6 Å². The standard InChI is InChI=1S/C27H24N4O2/c32-26-15-23(19-31(26)25-9-3-7-22-6-1-2-8-24(22)25)27(33)30(17-20-10-13-28-14-11-20)18-21-5-4-12-29-16-21/h1-14,16,23H,15,17-19H2. The summed E-state index contributed by atoms with van der Waals surface area (Å²) in [5, 5.41) is 2.10. The van der Waals surface area contributed by atoms with Crippen LogP contribution in [0.5, 0.6) is 0 Å². The number of hydrogen-bond donors (Lipinski definition) is 0. The summed E-state index contributed by atoms with van der Waals surface area (Å²) >= 11 is 0. The Hall–Kier alpha value is -4.06. The van der Waals surface area contributed by atoms with E-state index in [4.69, 9.17) is 0 Å². The lowest BCUT2D eigenvalue weighted by molar-refractivity contribution is -0.137. The molecule has 0 radical (unpaired) electrons. The summed E-state index contributed by atoms with van der Waals surface area (Å²) in [6.07, 6.45) is 7.15. The number of nitrogens with zero attached hydrogens (tertiary/aromatic N) is 4. The third kappa shape index (κ3) is 4.46. The number of rotatable bonds is 6. The van der Waals surface area contributed by atoms with E-state index in [1.165, 1.54) is 0 Å². The predicted molar refractivity (Wildman–Crippen MR) is 127 cm³/mol. The van der Waals surface area contributed by atoms with Crippen molar-refractivity contribution >= 4 is 28.3 Å². The number of pyridine rings is 2. The number of carbonyl (C=O) groups excluding carboxylic acids is 2. The molecular weight excluding hydrogens is 412 g/mol. The Kier molecular flexibility index (Phi) is 5.81. The Morgan fingerprint density at radius 1 is 0.879 bits per heavy atom. The molecule has 0 bridgehead atoms. The van der Waals surface area contributed by atoms with E-state index in [0.717, 1.165) is 27.6 Å². The summed E-state index contributed by atoms with van der Waals surface area (Å²) < 4.78 is 0. The van der Waals surface area contributed by atoms with E-state index in [1.54, 1.807) is 29.7 Å². The summed E-state index contributed by atoms with van der Waals surface area (Å²) in [7, 11) is 0. The van der Waals surface area contributed by atoms with Gasteiger partial charge < -0.3 is 9.80 Å². The quantitative estimate of drug-likeness (QED) is 0.454. The van der Waals surface area contributed by atoms with E-state index in [0.29, 0.717) is 19.6 Å². The molecule has 1 atom stereocenters. The second kappa shape index (κ2) is 9.20. The maximum Gasteiger partial charge on any atom is 0.228 e. The van der Waals surface area contributed by atoms with Gasteiger partial charge in [0.2, 0.25) is 11.8 Å². The predicted octanol–water partition coefficient (Wildman–Crippen LogP) is 4.21. The van der Waals surface area contributed by atoms with E-state index in [9.17, 15) is 9.59 Å². The average molecular weight is 437 g/mol. The van der Waals surface area contributed by atoms with Gasteiger partial charge in [0, 0.05) is 56.2 Å². The topological polar surface area (TPSA) is 66.4 Å². The lowest BCUT2D eigenvalue weighted by Gasteiger charge is -2.26. The van der Waals surface area contributed by atoms with Gasteiger partial charge in [0.05, 0.1) is 11.6 Å². The fourth-order valence-corrected chi connectivity index (χ4v) is 4.44. The van der Waals surface area contributed by atoms with Crippen molar-refractivity contribution in [3.63, 3.8) is 0 Å². The molecule has 1 saturated heterocycles. The van der Waals surface area contributed by atoms with Gasteiger partial charge in [-0.15, -0.1) is 0 Å². The Bertz CT molecular complexity index is 1230. The van der Waals surface area contributed by atoms with Crippen molar-refractivity contribution in [1.82, 2.24) is 14.9 Å². The fraction of sp³-hybridized carbons (Fsp3) is 0.185. The van der Waals surface area contributed by atoms with Crippen LogP contribution >= 0.6 is 0 Å². The van der Waals surface area contributed by atoms with Crippen LogP contribution in [0.4, 0.5) is 5.69 Å². The zero-order valence-corrected chi connectivity index (χ0v) is 18.2. The molecule has 2 amide bonds. The van der Waals surface area contributed by atoms with E-state index in [2.05, 4.69) is 9.97 Å². The van der Waals surface area contributed by atoms with Gasteiger partial charge in [0.1, 0.15) is 0 Å². The van der Waals surface area contributed by atoms with Crippen molar-refractivity contribution in [2.45, 2.75) is 19.5 Å². The molecule has 0 spiro atoms. The van der Waals surface area contributed by atoms with Crippen LogP contribution in [0.2, 0.25) is 0 Å².